The van der Waals surface area contributed by atoms with Gasteiger partial charge < -0.3 is 5.32 Å². The lowest BCUT2D eigenvalue weighted by Crippen LogP contribution is -2.28. The molecule has 0 bridgehead atoms. The van der Waals surface area contributed by atoms with Gasteiger partial charge in [0, 0.05) is 34.8 Å². The molecule has 0 aliphatic carbocycles. The SMILES string of the molecule is Cc1cnc(CNC(C)Cc2cccs2)c(C)c1[N+](=O)[O-]. The van der Waals surface area contributed by atoms with Crippen molar-refractivity contribution in [2.45, 2.75) is 39.8 Å². The zero-order chi connectivity index (χ0) is 15.4. The Hall–Kier alpha value is -1.79. The van der Waals surface area contributed by atoms with Crippen molar-refractivity contribution in [3.05, 3.63) is 55.5 Å². The van der Waals surface area contributed by atoms with Crippen LogP contribution in [0.15, 0.2) is 23.7 Å². The summed E-state index contributed by atoms with van der Waals surface area (Å²) in [6, 6.07) is 4.45. The topological polar surface area (TPSA) is 68.1 Å². The lowest BCUT2D eigenvalue weighted by Gasteiger charge is -2.14. The van der Waals surface area contributed by atoms with Crippen LogP contribution in [-0.2, 0) is 13.0 Å². The number of hydrogen-bond donors (Lipinski definition) is 1. The van der Waals surface area contributed by atoms with E-state index in [2.05, 4.69) is 28.7 Å². The molecule has 0 spiro atoms. The fraction of sp³-hybridized carbons (Fsp3) is 0.400. The van der Waals surface area contributed by atoms with Crippen LogP contribution in [0.4, 0.5) is 5.69 Å². The summed E-state index contributed by atoms with van der Waals surface area (Å²) in [5.74, 6) is 0. The van der Waals surface area contributed by atoms with E-state index in [0.29, 0.717) is 23.7 Å². The van der Waals surface area contributed by atoms with Gasteiger partial charge in [-0.05, 0) is 38.6 Å². The molecular formula is C15H19N3O2S. The Kier molecular flexibility index (Phi) is 5.03. The molecule has 112 valence electrons. The Bertz CT molecular complexity index is 626. The monoisotopic (exact) mass is 305 g/mol. The van der Waals surface area contributed by atoms with E-state index >= 15 is 0 Å². The molecule has 1 unspecified atom stereocenters. The van der Waals surface area contributed by atoms with Crippen LogP contribution in [0.1, 0.15) is 28.6 Å². The van der Waals surface area contributed by atoms with Gasteiger partial charge in [-0.3, -0.25) is 15.1 Å². The molecule has 0 amide bonds. The lowest BCUT2D eigenvalue weighted by atomic mass is 10.1. The molecule has 0 aromatic carbocycles. The van der Waals surface area contributed by atoms with E-state index in [0.717, 1.165) is 12.1 Å². The van der Waals surface area contributed by atoms with Crippen molar-refractivity contribution in [3.8, 4) is 0 Å². The highest BCUT2D eigenvalue weighted by molar-refractivity contribution is 7.09. The molecule has 0 saturated carbocycles. The second kappa shape index (κ2) is 6.78. The van der Waals surface area contributed by atoms with E-state index in [-0.39, 0.29) is 10.6 Å². The Morgan fingerprint density at radius 1 is 1.48 bits per heavy atom. The number of thiophene rings is 1. The van der Waals surface area contributed by atoms with Gasteiger partial charge in [-0.1, -0.05) is 6.07 Å². The Morgan fingerprint density at radius 3 is 2.86 bits per heavy atom. The second-order valence-electron chi connectivity index (χ2n) is 5.18. The molecule has 6 heteroatoms. The van der Waals surface area contributed by atoms with E-state index in [4.69, 9.17) is 0 Å². The van der Waals surface area contributed by atoms with E-state index in [1.54, 1.807) is 31.4 Å². The molecule has 2 heterocycles. The van der Waals surface area contributed by atoms with Crippen LogP contribution in [0.25, 0.3) is 0 Å². The summed E-state index contributed by atoms with van der Waals surface area (Å²) in [4.78, 5) is 16.4. The number of aryl methyl sites for hydroxylation is 1. The first-order chi connectivity index (χ1) is 9.99. The average Bonchev–Trinajstić information content (AvgIpc) is 2.90. The van der Waals surface area contributed by atoms with E-state index in [9.17, 15) is 10.1 Å². The van der Waals surface area contributed by atoms with Crippen LogP contribution >= 0.6 is 11.3 Å². The first-order valence-corrected chi connectivity index (χ1v) is 7.72. The molecule has 0 radical (unpaired) electrons. The van der Waals surface area contributed by atoms with Gasteiger partial charge in [0.05, 0.1) is 10.6 Å². The van der Waals surface area contributed by atoms with Crippen LogP contribution in [0.5, 0.6) is 0 Å². The number of nitrogens with zero attached hydrogens (tertiary/aromatic N) is 2. The van der Waals surface area contributed by atoms with Gasteiger partial charge in [-0.2, -0.15) is 0 Å². The maximum absolute atomic E-state index is 11.1. The third-order valence-electron chi connectivity index (χ3n) is 3.46. The molecule has 1 N–H and O–H groups in total. The molecule has 0 saturated heterocycles. The summed E-state index contributed by atoms with van der Waals surface area (Å²) in [7, 11) is 0. The van der Waals surface area contributed by atoms with Crippen molar-refractivity contribution >= 4 is 17.0 Å². The first kappa shape index (κ1) is 15.6. The van der Waals surface area contributed by atoms with Crippen LogP contribution in [0.3, 0.4) is 0 Å². The van der Waals surface area contributed by atoms with E-state index < -0.39 is 0 Å². The highest BCUT2D eigenvalue weighted by atomic mass is 32.1. The number of hydrogen-bond acceptors (Lipinski definition) is 5. The summed E-state index contributed by atoms with van der Waals surface area (Å²) >= 11 is 1.74. The van der Waals surface area contributed by atoms with Crippen molar-refractivity contribution in [1.82, 2.24) is 10.3 Å². The normalized spacial score (nSPS) is 12.3. The van der Waals surface area contributed by atoms with Gasteiger partial charge in [-0.25, -0.2) is 0 Å². The summed E-state index contributed by atoms with van der Waals surface area (Å²) in [5.41, 5.74) is 2.17. The molecule has 0 aliphatic heterocycles. The smallest absolute Gasteiger partial charge is 0.278 e. The Balaban J connectivity index is 2.03. The van der Waals surface area contributed by atoms with Crippen LogP contribution < -0.4 is 5.32 Å². The maximum atomic E-state index is 11.1. The van der Waals surface area contributed by atoms with Gasteiger partial charge in [0.1, 0.15) is 0 Å². The molecule has 2 rings (SSSR count). The molecule has 0 aliphatic rings. The van der Waals surface area contributed by atoms with Crippen molar-refractivity contribution < 1.29 is 4.92 Å². The van der Waals surface area contributed by atoms with Crippen molar-refractivity contribution in [3.63, 3.8) is 0 Å². The number of nitrogens with one attached hydrogen (secondary N) is 1. The highest BCUT2D eigenvalue weighted by Gasteiger charge is 2.18. The van der Waals surface area contributed by atoms with Crippen LogP contribution in [0, 0.1) is 24.0 Å². The Morgan fingerprint density at radius 2 is 2.24 bits per heavy atom. The molecular weight excluding hydrogens is 286 g/mol. The number of pyridine rings is 1. The Labute approximate surface area is 128 Å². The first-order valence-electron chi connectivity index (χ1n) is 6.84. The standard InChI is InChI=1S/C15H19N3O2S/c1-10-8-17-14(12(3)15(10)18(19)20)9-16-11(2)7-13-5-4-6-21-13/h4-6,8,11,16H,7,9H2,1-3H3. The summed E-state index contributed by atoms with van der Waals surface area (Å²) in [6.07, 6.45) is 2.52. The summed E-state index contributed by atoms with van der Waals surface area (Å²) < 4.78 is 0. The van der Waals surface area contributed by atoms with Gasteiger partial charge in [-0.15, -0.1) is 11.3 Å². The van der Waals surface area contributed by atoms with Gasteiger partial charge in [0.25, 0.3) is 5.69 Å². The van der Waals surface area contributed by atoms with E-state index in [1.807, 2.05) is 6.07 Å². The van der Waals surface area contributed by atoms with Gasteiger partial charge in [0.2, 0.25) is 0 Å². The third-order valence-corrected chi connectivity index (χ3v) is 4.36. The van der Waals surface area contributed by atoms with Crippen molar-refractivity contribution in [1.29, 1.82) is 0 Å². The molecule has 5 nitrogen and oxygen atoms in total. The third kappa shape index (κ3) is 3.86. The lowest BCUT2D eigenvalue weighted by molar-refractivity contribution is -0.386. The number of aromatic nitrogens is 1. The predicted molar refractivity (Wildman–Crippen MR) is 84.7 cm³/mol. The molecule has 21 heavy (non-hydrogen) atoms. The highest BCUT2D eigenvalue weighted by Crippen LogP contribution is 2.24. The predicted octanol–water partition coefficient (Wildman–Crippen LogP) is 3.39. The maximum Gasteiger partial charge on any atom is 0.278 e. The average molecular weight is 305 g/mol. The van der Waals surface area contributed by atoms with Gasteiger partial charge in [0.15, 0.2) is 0 Å². The van der Waals surface area contributed by atoms with Crippen LogP contribution in [-0.4, -0.2) is 15.9 Å². The summed E-state index contributed by atoms with van der Waals surface area (Å²) in [5, 5.41) is 16.6. The van der Waals surface area contributed by atoms with Gasteiger partial charge >= 0.3 is 0 Å². The number of nitro groups is 1. The second-order valence-corrected chi connectivity index (χ2v) is 6.22. The fourth-order valence-corrected chi connectivity index (χ4v) is 3.13. The molecule has 0 fully saturated rings. The number of rotatable bonds is 6. The van der Waals surface area contributed by atoms with Crippen molar-refractivity contribution in [2.24, 2.45) is 0 Å². The van der Waals surface area contributed by atoms with Crippen LogP contribution in [0.2, 0.25) is 0 Å². The zero-order valence-electron chi connectivity index (χ0n) is 12.4. The largest absolute Gasteiger partial charge is 0.308 e. The quantitative estimate of drug-likeness (QED) is 0.656. The molecule has 2 aromatic heterocycles. The fourth-order valence-electron chi connectivity index (χ4n) is 2.30. The zero-order valence-corrected chi connectivity index (χ0v) is 13.2. The molecule has 2 aromatic rings. The minimum absolute atomic E-state index is 0.174. The van der Waals surface area contributed by atoms with Crippen molar-refractivity contribution in [2.75, 3.05) is 0 Å². The molecule has 1 atom stereocenters. The minimum atomic E-state index is -0.328. The van der Waals surface area contributed by atoms with E-state index in [1.165, 1.54) is 4.88 Å². The minimum Gasteiger partial charge on any atom is -0.308 e. The summed E-state index contributed by atoms with van der Waals surface area (Å²) in [6.45, 7) is 6.13.